The second-order valence-corrected chi connectivity index (χ2v) is 8.86. The molecule has 148 valence electrons. The summed E-state index contributed by atoms with van der Waals surface area (Å²) < 4.78 is 2.03. The molecule has 2 saturated carbocycles. The van der Waals surface area contributed by atoms with Gasteiger partial charge in [0.1, 0.15) is 0 Å². The predicted octanol–water partition coefficient (Wildman–Crippen LogP) is 4.58. The van der Waals surface area contributed by atoms with E-state index in [-0.39, 0.29) is 24.2 Å². The summed E-state index contributed by atoms with van der Waals surface area (Å²) in [7, 11) is 0. The maximum absolute atomic E-state index is 12.8. The number of hydrogen-bond donors (Lipinski definition) is 2. The van der Waals surface area contributed by atoms with E-state index < -0.39 is 0 Å². The van der Waals surface area contributed by atoms with E-state index in [0.29, 0.717) is 17.9 Å². The Morgan fingerprint density at radius 1 is 1.18 bits per heavy atom. The van der Waals surface area contributed by atoms with Crippen LogP contribution in [0.25, 0.3) is 16.2 Å². The lowest BCUT2D eigenvalue weighted by Gasteiger charge is -2.43. The van der Waals surface area contributed by atoms with E-state index in [2.05, 4.69) is 10.3 Å². The highest BCUT2D eigenvalue weighted by atomic mass is 35.5. The second kappa shape index (κ2) is 7.85. The first kappa shape index (κ1) is 19.4. The van der Waals surface area contributed by atoms with Crippen molar-refractivity contribution in [2.75, 3.05) is 5.32 Å². The first-order valence-electron chi connectivity index (χ1n) is 9.76. The molecule has 0 radical (unpaired) electrons. The van der Waals surface area contributed by atoms with Gasteiger partial charge in [0.15, 0.2) is 4.96 Å². The number of benzene rings is 1. The van der Waals surface area contributed by atoms with Gasteiger partial charge < -0.3 is 11.1 Å². The van der Waals surface area contributed by atoms with Gasteiger partial charge in [-0.2, -0.15) is 0 Å². The van der Waals surface area contributed by atoms with Crippen molar-refractivity contribution in [3.05, 3.63) is 42.0 Å². The highest BCUT2D eigenvalue weighted by Crippen LogP contribution is 2.42. The Labute approximate surface area is 174 Å². The van der Waals surface area contributed by atoms with E-state index >= 15 is 0 Å². The summed E-state index contributed by atoms with van der Waals surface area (Å²) >= 11 is 1.62. The average molecular weight is 417 g/mol. The molecule has 2 atom stereocenters. The number of rotatable bonds is 3. The number of hydrogen-bond acceptors (Lipinski definition) is 4. The normalized spacial score (nSPS) is 26.6. The van der Waals surface area contributed by atoms with Crippen molar-refractivity contribution in [2.24, 2.45) is 23.5 Å². The minimum atomic E-state index is 0. The lowest BCUT2D eigenvalue weighted by molar-refractivity contribution is -0.122. The number of anilines is 1. The molecule has 2 heterocycles. The Kier molecular flexibility index (Phi) is 5.45. The SMILES string of the molecule is Cl.NC1C2CCCC1CC(C(=O)Nc1ccc(-c3cn4ccsc4n3)cc1)C2. The molecule has 1 amide bonds. The number of aromatic nitrogens is 2. The molecule has 3 aromatic rings. The van der Waals surface area contributed by atoms with Gasteiger partial charge in [-0.05, 0) is 49.7 Å². The minimum absolute atomic E-state index is 0. The molecule has 2 fully saturated rings. The van der Waals surface area contributed by atoms with Crippen LogP contribution in [0.5, 0.6) is 0 Å². The number of thiazole rings is 1. The lowest BCUT2D eigenvalue weighted by atomic mass is 9.65. The van der Waals surface area contributed by atoms with Gasteiger partial charge in [0.25, 0.3) is 0 Å². The maximum Gasteiger partial charge on any atom is 0.227 e. The quantitative estimate of drug-likeness (QED) is 0.656. The molecule has 2 aliphatic carbocycles. The van der Waals surface area contributed by atoms with E-state index in [1.54, 1.807) is 11.3 Å². The molecule has 28 heavy (non-hydrogen) atoms. The molecular weight excluding hydrogens is 392 g/mol. The van der Waals surface area contributed by atoms with E-state index in [9.17, 15) is 4.79 Å². The van der Waals surface area contributed by atoms with Crippen molar-refractivity contribution in [3.8, 4) is 11.3 Å². The molecule has 2 aliphatic rings. The molecule has 0 spiro atoms. The molecule has 2 unspecified atom stereocenters. The Balaban J connectivity index is 0.00000192. The van der Waals surface area contributed by atoms with Gasteiger partial charge in [0, 0.05) is 41.0 Å². The second-order valence-electron chi connectivity index (χ2n) is 7.98. The minimum Gasteiger partial charge on any atom is -0.327 e. The van der Waals surface area contributed by atoms with Crippen LogP contribution in [0.1, 0.15) is 32.1 Å². The third-order valence-electron chi connectivity index (χ3n) is 6.33. The van der Waals surface area contributed by atoms with Crippen molar-refractivity contribution in [1.29, 1.82) is 0 Å². The first-order valence-corrected chi connectivity index (χ1v) is 10.6. The molecule has 0 saturated heterocycles. The smallest absolute Gasteiger partial charge is 0.227 e. The van der Waals surface area contributed by atoms with Crippen LogP contribution in [0, 0.1) is 17.8 Å². The predicted molar refractivity (Wildman–Crippen MR) is 116 cm³/mol. The zero-order valence-corrected chi connectivity index (χ0v) is 17.2. The summed E-state index contributed by atoms with van der Waals surface area (Å²) in [6.45, 7) is 0. The van der Waals surface area contributed by atoms with E-state index in [1.807, 2.05) is 46.4 Å². The molecule has 5 nitrogen and oxygen atoms in total. The molecule has 2 bridgehead atoms. The summed E-state index contributed by atoms with van der Waals surface area (Å²) in [5, 5.41) is 5.14. The Hall–Kier alpha value is -1.89. The van der Waals surface area contributed by atoms with Crippen molar-refractivity contribution in [1.82, 2.24) is 9.38 Å². The summed E-state index contributed by atoms with van der Waals surface area (Å²) in [6.07, 6.45) is 9.54. The number of nitrogens with zero attached hydrogens (tertiary/aromatic N) is 2. The number of imidazole rings is 1. The van der Waals surface area contributed by atoms with Crippen LogP contribution in [-0.4, -0.2) is 21.3 Å². The number of amides is 1. The number of fused-ring (bicyclic) bond motifs is 3. The van der Waals surface area contributed by atoms with Crippen LogP contribution >= 0.6 is 23.7 Å². The zero-order valence-electron chi connectivity index (χ0n) is 15.6. The Bertz CT molecular complexity index is 924. The van der Waals surface area contributed by atoms with Gasteiger partial charge in [0.2, 0.25) is 5.91 Å². The number of carbonyl (C=O) groups excluding carboxylic acids is 1. The highest BCUT2D eigenvalue weighted by Gasteiger charge is 2.40. The van der Waals surface area contributed by atoms with Crippen molar-refractivity contribution in [2.45, 2.75) is 38.1 Å². The van der Waals surface area contributed by atoms with Crippen LogP contribution in [-0.2, 0) is 4.79 Å². The largest absolute Gasteiger partial charge is 0.327 e. The van der Waals surface area contributed by atoms with Crippen LogP contribution in [0.4, 0.5) is 5.69 Å². The summed E-state index contributed by atoms with van der Waals surface area (Å²) in [4.78, 5) is 18.4. The van der Waals surface area contributed by atoms with Gasteiger partial charge in [-0.15, -0.1) is 23.7 Å². The fourth-order valence-electron chi connectivity index (χ4n) is 4.84. The average Bonchev–Trinajstić information content (AvgIpc) is 3.24. The van der Waals surface area contributed by atoms with Crippen LogP contribution in [0.2, 0.25) is 0 Å². The molecule has 0 aliphatic heterocycles. The number of halogens is 1. The molecule has 2 aromatic heterocycles. The molecule has 7 heteroatoms. The maximum atomic E-state index is 12.8. The van der Waals surface area contributed by atoms with Gasteiger partial charge >= 0.3 is 0 Å². The fourth-order valence-corrected chi connectivity index (χ4v) is 5.54. The highest BCUT2D eigenvalue weighted by molar-refractivity contribution is 7.15. The zero-order chi connectivity index (χ0) is 18.4. The fraction of sp³-hybridized carbons (Fsp3) is 0.429. The first-order chi connectivity index (χ1) is 13.2. The molecule has 3 N–H and O–H groups in total. The van der Waals surface area contributed by atoms with E-state index in [1.165, 1.54) is 19.3 Å². The van der Waals surface area contributed by atoms with Gasteiger partial charge in [-0.3, -0.25) is 9.20 Å². The van der Waals surface area contributed by atoms with Crippen molar-refractivity contribution in [3.63, 3.8) is 0 Å². The molecule has 5 rings (SSSR count). The van der Waals surface area contributed by atoms with E-state index in [4.69, 9.17) is 5.73 Å². The third kappa shape index (κ3) is 3.56. The number of nitrogens with two attached hydrogens (primary N) is 1. The van der Waals surface area contributed by atoms with Gasteiger partial charge in [-0.25, -0.2) is 4.98 Å². The summed E-state index contributed by atoms with van der Waals surface area (Å²) in [5.74, 6) is 1.28. The van der Waals surface area contributed by atoms with Gasteiger partial charge in [-0.1, -0.05) is 18.6 Å². The van der Waals surface area contributed by atoms with Crippen LogP contribution < -0.4 is 11.1 Å². The Morgan fingerprint density at radius 3 is 2.57 bits per heavy atom. The Morgan fingerprint density at radius 2 is 1.89 bits per heavy atom. The molecule has 1 aromatic carbocycles. The molecular formula is C21H25ClN4OS. The van der Waals surface area contributed by atoms with Crippen molar-refractivity contribution >= 4 is 40.3 Å². The van der Waals surface area contributed by atoms with Crippen molar-refractivity contribution < 1.29 is 4.79 Å². The lowest BCUT2D eigenvalue weighted by Crippen LogP contribution is -2.48. The number of nitrogens with one attached hydrogen (secondary N) is 1. The standard InChI is InChI=1S/C21H24N4OS.ClH/c22-19-14-2-1-3-15(19)11-16(10-14)20(26)23-17-6-4-13(5-7-17)18-12-25-8-9-27-21(25)24-18;/h4-9,12,14-16,19H,1-3,10-11,22H2,(H,23,26);1H. The summed E-state index contributed by atoms with van der Waals surface area (Å²) in [6, 6.07) is 8.28. The van der Waals surface area contributed by atoms with Crippen LogP contribution in [0.15, 0.2) is 42.0 Å². The number of carbonyl (C=O) groups is 1. The van der Waals surface area contributed by atoms with E-state index in [0.717, 1.165) is 34.7 Å². The summed E-state index contributed by atoms with van der Waals surface area (Å²) in [5.41, 5.74) is 9.21. The third-order valence-corrected chi connectivity index (χ3v) is 7.10. The van der Waals surface area contributed by atoms with Gasteiger partial charge in [0.05, 0.1) is 5.69 Å². The topological polar surface area (TPSA) is 72.4 Å². The van der Waals surface area contributed by atoms with Crippen LogP contribution in [0.3, 0.4) is 0 Å². The monoisotopic (exact) mass is 416 g/mol.